The highest BCUT2D eigenvalue weighted by Crippen LogP contribution is 2.44. The van der Waals surface area contributed by atoms with Crippen molar-refractivity contribution in [2.24, 2.45) is 29.4 Å². The summed E-state index contributed by atoms with van der Waals surface area (Å²) in [5.41, 5.74) is 5.71. The zero-order valence-electron chi connectivity index (χ0n) is 16.7. The second-order valence-electron chi connectivity index (χ2n) is 8.81. The van der Waals surface area contributed by atoms with E-state index >= 15 is 0 Å². The van der Waals surface area contributed by atoms with E-state index in [9.17, 15) is 4.79 Å². The Morgan fingerprint density at radius 2 is 2.04 bits per heavy atom. The van der Waals surface area contributed by atoms with E-state index in [0.717, 1.165) is 45.4 Å². The number of carbonyl (C=O) groups is 1. The summed E-state index contributed by atoms with van der Waals surface area (Å²) in [6.07, 6.45) is 8.01. The minimum Gasteiger partial charge on any atom is -0.381 e. The van der Waals surface area contributed by atoms with Gasteiger partial charge < -0.3 is 15.4 Å². The first-order chi connectivity index (χ1) is 12.5. The molecule has 0 aromatic carbocycles. The van der Waals surface area contributed by atoms with Gasteiger partial charge in [0.05, 0.1) is 12.7 Å². The lowest BCUT2D eigenvalue weighted by atomic mass is 9.65. The first-order valence-corrected chi connectivity index (χ1v) is 10.4. The first-order valence-electron chi connectivity index (χ1n) is 10.4. The predicted molar refractivity (Wildman–Crippen MR) is 101 cm³/mol. The summed E-state index contributed by atoms with van der Waals surface area (Å²) in [4.78, 5) is 19.9. The van der Waals surface area contributed by atoms with Gasteiger partial charge in [-0.3, -0.25) is 9.63 Å². The summed E-state index contributed by atoms with van der Waals surface area (Å²) < 4.78 is 6.06. The highest BCUT2D eigenvalue weighted by Gasteiger charge is 2.43. The van der Waals surface area contributed by atoms with Crippen LogP contribution in [0.3, 0.4) is 0 Å². The average molecular weight is 368 g/mol. The van der Waals surface area contributed by atoms with E-state index in [1.165, 1.54) is 19.3 Å². The van der Waals surface area contributed by atoms with Crippen molar-refractivity contribution < 1.29 is 14.4 Å². The fourth-order valence-corrected chi connectivity index (χ4v) is 5.60. The van der Waals surface area contributed by atoms with Gasteiger partial charge in [-0.15, -0.1) is 0 Å². The van der Waals surface area contributed by atoms with Gasteiger partial charge >= 0.3 is 0 Å². The van der Waals surface area contributed by atoms with Crippen molar-refractivity contribution in [1.82, 2.24) is 9.96 Å². The van der Waals surface area contributed by atoms with Crippen molar-refractivity contribution in [3.05, 3.63) is 0 Å². The molecule has 3 rings (SSSR count). The zero-order chi connectivity index (χ0) is 18.7. The van der Waals surface area contributed by atoms with Crippen LogP contribution >= 0.6 is 0 Å². The summed E-state index contributed by atoms with van der Waals surface area (Å²) in [5.74, 6) is 1.42. The van der Waals surface area contributed by atoms with Gasteiger partial charge in [-0.2, -0.15) is 5.06 Å². The van der Waals surface area contributed by atoms with Gasteiger partial charge in [0.2, 0.25) is 5.91 Å². The molecule has 6 nitrogen and oxygen atoms in total. The van der Waals surface area contributed by atoms with Gasteiger partial charge in [-0.25, -0.2) is 0 Å². The number of hydrogen-bond acceptors (Lipinski definition) is 5. The van der Waals surface area contributed by atoms with E-state index in [0.29, 0.717) is 23.8 Å². The third-order valence-corrected chi connectivity index (χ3v) is 6.99. The second-order valence-corrected chi connectivity index (χ2v) is 8.81. The molecule has 26 heavy (non-hydrogen) atoms. The summed E-state index contributed by atoms with van der Waals surface area (Å²) in [6.45, 7) is 2.85. The molecule has 2 saturated carbocycles. The zero-order valence-corrected chi connectivity index (χ0v) is 16.7. The molecule has 3 fully saturated rings. The number of carbonyl (C=O) groups excluding carboxylic acids is 1. The second kappa shape index (κ2) is 9.00. The van der Waals surface area contributed by atoms with Crippen LogP contribution in [0.5, 0.6) is 0 Å². The molecular weight excluding hydrogens is 330 g/mol. The maximum absolute atomic E-state index is 11.9. The minimum atomic E-state index is -0.131. The maximum atomic E-state index is 11.9. The highest BCUT2D eigenvalue weighted by molar-refractivity contribution is 5.76. The number of nitrogens with zero attached hydrogens (tertiary/aromatic N) is 2. The molecule has 0 radical (unpaired) electrons. The Hall–Kier alpha value is -0.690. The van der Waals surface area contributed by atoms with E-state index in [4.69, 9.17) is 15.3 Å². The average Bonchev–Trinajstić information content (AvgIpc) is 3.14. The van der Waals surface area contributed by atoms with Crippen molar-refractivity contribution >= 4 is 5.91 Å². The van der Waals surface area contributed by atoms with E-state index in [1.807, 2.05) is 7.11 Å². The molecule has 1 aliphatic heterocycles. The Balaban J connectivity index is 1.70. The van der Waals surface area contributed by atoms with Crippen LogP contribution in [-0.2, 0) is 14.4 Å². The molecule has 0 aromatic rings. The topological polar surface area (TPSA) is 68.0 Å². The van der Waals surface area contributed by atoms with Crippen LogP contribution in [0.4, 0.5) is 0 Å². The van der Waals surface area contributed by atoms with E-state index in [1.54, 1.807) is 0 Å². The molecule has 6 heteroatoms. The largest absolute Gasteiger partial charge is 0.381 e. The number of primary amides is 1. The van der Waals surface area contributed by atoms with Gasteiger partial charge in [0.1, 0.15) is 0 Å². The Labute approximate surface area is 158 Å². The quantitative estimate of drug-likeness (QED) is 0.776. The van der Waals surface area contributed by atoms with Crippen LogP contribution in [-0.4, -0.2) is 68.9 Å². The lowest BCUT2D eigenvalue weighted by Crippen LogP contribution is -2.48. The molecule has 0 bridgehead atoms. The van der Waals surface area contributed by atoms with E-state index in [2.05, 4.69) is 24.1 Å². The fraction of sp³-hybridized carbons (Fsp3) is 0.950. The standard InChI is InChI=1S/C20H37N3O3/c1-22(2)17-11-15(10-16(12-17)20(21)24)18-7-4-6-14(19(18)25-3)13-23-8-5-9-26-23/h14-19H,4-13H2,1-3H3,(H2,21,24). The Morgan fingerprint density at radius 3 is 2.65 bits per heavy atom. The van der Waals surface area contributed by atoms with Crippen LogP contribution in [0.2, 0.25) is 0 Å². The third kappa shape index (κ3) is 4.58. The van der Waals surface area contributed by atoms with E-state index in [-0.39, 0.29) is 17.9 Å². The van der Waals surface area contributed by atoms with Crippen molar-refractivity contribution in [2.75, 3.05) is 40.9 Å². The number of hydroxylamine groups is 2. The molecule has 3 aliphatic rings. The van der Waals surface area contributed by atoms with Crippen molar-refractivity contribution in [2.45, 2.75) is 57.1 Å². The van der Waals surface area contributed by atoms with Crippen molar-refractivity contribution in [1.29, 1.82) is 0 Å². The molecule has 1 saturated heterocycles. The van der Waals surface area contributed by atoms with Crippen LogP contribution in [0.1, 0.15) is 44.9 Å². The molecule has 0 aromatic heterocycles. The molecule has 6 unspecified atom stereocenters. The Bertz CT molecular complexity index is 467. The lowest BCUT2D eigenvalue weighted by Gasteiger charge is -2.46. The van der Waals surface area contributed by atoms with Gasteiger partial charge in [0.25, 0.3) is 0 Å². The Kier molecular flexibility index (Phi) is 6.94. The van der Waals surface area contributed by atoms with Gasteiger partial charge in [-0.1, -0.05) is 6.42 Å². The highest BCUT2D eigenvalue weighted by atomic mass is 16.7. The van der Waals surface area contributed by atoms with Gasteiger partial charge in [0.15, 0.2) is 0 Å². The molecule has 1 heterocycles. The van der Waals surface area contributed by atoms with Crippen LogP contribution in [0.25, 0.3) is 0 Å². The number of methoxy groups -OCH3 is 1. The van der Waals surface area contributed by atoms with Crippen LogP contribution in [0.15, 0.2) is 0 Å². The monoisotopic (exact) mass is 367 g/mol. The smallest absolute Gasteiger partial charge is 0.220 e. The van der Waals surface area contributed by atoms with Crippen molar-refractivity contribution in [3.8, 4) is 0 Å². The van der Waals surface area contributed by atoms with Crippen LogP contribution < -0.4 is 5.73 Å². The molecule has 150 valence electrons. The molecule has 1 amide bonds. The number of rotatable bonds is 6. The number of hydrogen-bond donors (Lipinski definition) is 1. The number of ether oxygens (including phenoxy) is 1. The number of amides is 1. The molecule has 2 aliphatic carbocycles. The predicted octanol–water partition coefficient (Wildman–Crippen LogP) is 1.89. The minimum absolute atomic E-state index is 0.000878. The third-order valence-electron chi connectivity index (χ3n) is 6.99. The summed E-state index contributed by atoms with van der Waals surface area (Å²) in [6, 6.07) is 0.436. The molecule has 6 atom stereocenters. The molecular formula is C20H37N3O3. The molecule has 2 N–H and O–H groups in total. The maximum Gasteiger partial charge on any atom is 0.220 e. The fourth-order valence-electron chi connectivity index (χ4n) is 5.60. The molecule has 0 spiro atoms. The summed E-state index contributed by atoms with van der Waals surface area (Å²) in [7, 11) is 6.10. The van der Waals surface area contributed by atoms with Gasteiger partial charge in [0, 0.05) is 38.1 Å². The summed E-state index contributed by atoms with van der Waals surface area (Å²) in [5, 5.41) is 2.13. The first kappa shape index (κ1) is 20.1. The van der Waals surface area contributed by atoms with Crippen molar-refractivity contribution in [3.63, 3.8) is 0 Å². The summed E-state index contributed by atoms with van der Waals surface area (Å²) >= 11 is 0. The van der Waals surface area contributed by atoms with Gasteiger partial charge in [-0.05, 0) is 64.5 Å². The lowest BCUT2D eigenvalue weighted by molar-refractivity contribution is -0.144. The van der Waals surface area contributed by atoms with E-state index < -0.39 is 0 Å². The normalized spacial score (nSPS) is 39.4. The number of nitrogens with two attached hydrogens (primary N) is 1. The Morgan fingerprint density at radius 1 is 1.23 bits per heavy atom. The van der Waals surface area contributed by atoms with Crippen LogP contribution in [0, 0.1) is 23.7 Å². The SMILES string of the molecule is COC1C(CN2CCCO2)CCCC1C1CC(C(N)=O)CC(N(C)C)C1.